The van der Waals surface area contributed by atoms with Crippen LogP contribution in [-0.2, 0) is 14.3 Å². The Bertz CT molecular complexity index is 439. The van der Waals surface area contributed by atoms with Gasteiger partial charge in [0.15, 0.2) is 0 Å². The van der Waals surface area contributed by atoms with Gasteiger partial charge in [-0.1, -0.05) is 12.1 Å². The molecule has 1 aromatic carbocycles. The molecule has 0 saturated carbocycles. The predicted octanol–water partition coefficient (Wildman–Crippen LogP) is 1.15. The lowest BCUT2D eigenvalue weighted by molar-refractivity contribution is -0.190. The smallest absolute Gasteiger partial charge is 0.318 e. The van der Waals surface area contributed by atoms with E-state index in [1.54, 1.807) is 7.11 Å². The highest BCUT2D eigenvalue weighted by Gasteiger charge is 2.53. The van der Waals surface area contributed by atoms with E-state index in [9.17, 15) is 4.79 Å². The summed E-state index contributed by atoms with van der Waals surface area (Å²) < 4.78 is 15.3. The van der Waals surface area contributed by atoms with Crippen molar-refractivity contribution in [3.63, 3.8) is 0 Å². The van der Waals surface area contributed by atoms with Crippen molar-refractivity contribution in [2.45, 2.75) is 6.04 Å². The molecule has 5 heteroatoms. The normalized spacial score (nSPS) is 18.3. The molecule has 1 saturated heterocycles. The third-order valence-electron chi connectivity index (χ3n) is 3.60. The molecule has 1 unspecified atom stereocenters. The summed E-state index contributed by atoms with van der Waals surface area (Å²) in [5, 5.41) is 3.19. The predicted molar refractivity (Wildman–Crippen MR) is 70.1 cm³/mol. The minimum atomic E-state index is -0.641. The molecule has 1 atom stereocenters. The standard InChI is InChI=1S/C14H19NO4/c1-15-12(10-4-6-11(17-2)7-5-10)14(8-19-9-14)13(16)18-3/h4-7,12,15H,8-9H2,1-3H3. The van der Waals surface area contributed by atoms with Crippen LogP contribution >= 0.6 is 0 Å². The monoisotopic (exact) mass is 265 g/mol. The Labute approximate surface area is 112 Å². The van der Waals surface area contributed by atoms with Crippen molar-refractivity contribution in [1.29, 1.82) is 0 Å². The van der Waals surface area contributed by atoms with Crippen molar-refractivity contribution in [2.24, 2.45) is 5.41 Å². The molecule has 0 bridgehead atoms. The second-order valence-electron chi connectivity index (χ2n) is 4.64. The number of hydrogen-bond acceptors (Lipinski definition) is 5. The zero-order chi connectivity index (χ0) is 13.9. The number of rotatable bonds is 5. The number of benzene rings is 1. The number of methoxy groups -OCH3 is 2. The lowest BCUT2D eigenvalue weighted by Gasteiger charge is -2.44. The fraction of sp³-hybridized carbons (Fsp3) is 0.500. The molecule has 1 aromatic rings. The minimum Gasteiger partial charge on any atom is -0.497 e. The van der Waals surface area contributed by atoms with Gasteiger partial charge in [-0.2, -0.15) is 0 Å². The summed E-state index contributed by atoms with van der Waals surface area (Å²) in [5.74, 6) is 0.546. The maximum absolute atomic E-state index is 12.0. The fourth-order valence-corrected chi connectivity index (χ4v) is 2.49. The molecule has 0 amide bonds. The van der Waals surface area contributed by atoms with Gasteiger partial charge in [0.1, 0.15) is 11.2 Å². The average molecular weight is 265 g/mol. The Morgan fingerprint density at radius 1 is 1.32 bits per heavy atom. The maximum atomic E-state index is 12.0. The van der Waals surface area contributed by atoms with E-state index < -0.39 is 5.41 Å². The first-order valence-corrected chi connectivity index (χ1v) is 6.15. The van der Waals surface area contributed by atoms with Crippen LogP contribution in [0.25, 0.3) is 0 Å². The molecule has 0 aliphatic carbocycles. The number of carbonyl (C=O) groups is 1. The minimum absolute atomic E-state index is 0.139. The van der Waals surface area contributed by atoms with Gasteiger partial charge >= 0.3 is 5.97 Å². The Morgan fingerprint density at radius 3 is 2.32 bits per heavy atom. The van der Waals surface area contributed by atoms with Crippen molar-refractivity contribution in [2.75, 3.05) is 34.5 Å². The number of nitrogens with one attached hydrogen (secondary N) is 1. The van der Waals surface area contributed by atoms with Gasteiger partial charge in [0, 0.05) is 0 Å². The number of carbonyl (C=O) groups excluding carboxylic acids is 1. The zero-order valence-electron chi connectivity index (χ0n) is 11.4. The van der Waals surface area contributed by atoms with Crippen molar-refractivity contribution < 1.29 is 19.0 Å². The van der Waals surface area contributed by atoms with Crippen molar-refractivity contribution in [1.82, 2.24) is 5.32 Å². The summed E-state index contributed by atoms with van der Waals surface area (Å²) in [7, 11) is 4.86. The summed E-state index contributed by atoms with van der Waals surface area (Å²) in [6.45, 7) is 0.744. The molecule has 0 radical (unpaired) electrons. The van der Waals surface area contributed by atoms with E-state index in [-0.39, 0.29) is 12.0 Å². The lowest BCUT2D eigenvalue weighted by Crippen LogP contribution is -2.56. The third kappa shape index (κ3) is 2.31. The molecule has 1 aliphatic rings. The van der Waals surface area contributed by atoms with Crippen LogP contribution in [-0.4, -0.2) is 40.5 Å². The highest BCUT2D eigenvalue weighted by molar-refractivity contribution is 5.79. The molecule has 1 N–H and O–H groups in total. The Hall–Kier alpha value is -1.59. The van der Waals surface area contributed by atoms with Crippen LogP contribution in [0.4, 0.5) is 0 Å². The van der Waals surface area contributed by atoms with E-state index in [4.69, 9.17) is 14.2 Å². The molecule has 1 heterocycles. The van der Waals surface area contributed by atoms with E-state index >= 15 is 0 Å². The largest absolute Gasteiger partial charge is 0.497 e. The van der Waals surface area contributed by atoms with Gasteiger partial charge in [0.25, 0.3) is 0 Å². The van der Waals surface area contributed by atoms with Crippen molar-refractivity contribution in [3.8, 4) is 5.75 Å². The second-order valence-corrected chi connectivity index (χ2v) is 4.64. The van der Waals surface area contributed by atoms with Gasteiger partial charge in [-0.15, -0.1) is 0 Å². The molecule has 19 heavy (non-hydrogen) atoms. The first-order chi connectivity index (χ1) is 9.17. The molecular weight excluding hydrogens is 246 g/mol. The Kier molecular flexibility index (Phi) is 4.07. The molecule has 2 rings (SSSR count). The Balaban J connectivity index is 2.29. The van der Waals surface area contributed by atoms with Crippen LogP contribution in [0.2, 0.25) is 0 Å². The average Bonchev–Trinajstić information content (AvgIpc) is 2.42. The second kappa shape index (κ2) is 5.59. The van der Waals surface area contributed by atoms with E-state index in [1.807, 2.05) is 31.3 Å². The molecule has 5 nitrogen and oxygen atoms in total. The Morgan fingerprint density at radius 2 is 1.95 bits per heavy atom. The molecule has 0 spiro atoms. The van der Waals surface area contributed by atoms with Gasteiger partial charge in [0.05, 0.1) is 33.5 Å². The number of hydrogen-bond donors (Lipinski definition) is 1. The van der Waals surface area contributed by atoms with Crippen LogP contribution in [0.3, 0.4) is 0 Å². The van der Waals surface area contributed by atoms with Gasteiger partial charge in [-0.3, -0.25) is 4.79 Å². The van der Waals surface area contributed by atoms with E-state index in [0.29, 0.717) is 13.2 Å². The van der Waals surface area contributed by atoms with E-state index in [2.05, 4.69) is 5.32 Å². The lowest BCUT2D eigenvalue weighted by atomic mass is 9.75. The van der Waals surface area contributed by atoms with Gasteiger partial charge in [-0.25, -0.2) is 0 Å². The quantitative estimate of drug-likeness (QED) is 0.809. The molecule has 1 aliphatic heterocycles. The van der Waals surface area contributed by atoms with Gasteiger partial charge < -0.3 is 19.5 Å². The van der Waals surface area contributed by atoms with Crippen LogP contribution in [0.1, 0.15) is 11.6 Å². The van der Waals surface area contributed by atoms with E-state index in [1.165, 1.54) is 7.11 Å². The van der Waals surface area contributed by atoms with Crippen LogP contribution in [0.5, 0.6) is 5.75 Å². The van der Waals surface area contributed by atoms with Gasteiger partial charge in [0.2, 0.25) is 0 Å². The van der Waals surface area contributed by atoms with Crippen molar-refractivity contribution >= 4 is 5.97 Å². The summed E-state index contributed by atoms with van der Waals surface area (Å²) in [4.78, 5) is 12.0. The topological polar surface area (TPSA) is 56.8 Å². The number of esters is 1. The highest BCUT2D eigenvalue weighted by atomic mass is 16.5. The maximum Gasteiger partial charge on any atom is 0.318 e. The summed E-state index contributed by atoms with van der Waals surface area (Å²) in [6.07, 6.45) is 0. The van der Waals surface area contributed by atoms with Crippen LogP contribution in [0, 0.1) is 5.41 Å². The first-order valence-electron chi connectivity index (χ1n) is 6.15. The van der Waals surface area contributed by atoms with Crippen LogP contribution in [0.15, 0.2) is 24.3 Å². The SMILES string of the molecule is CNC(c1ccc(OC)cc1)C1(C(=O)OC)COC1. The summed E-state index contributed by atoms with van der Waals surface area (Å²) in [5.41, 5.74) is 0.370. The van der Waals surface area contributed by atoms with E-state index in [0.717, 1.165) is 11.3 Å². The molecular formula is C14H19NO4. The molecule has 104 valence electrons. The zero-order valence-corrected chi connectivity index (χ0v) is 11.4. The van der Waals surface area contributed by atoms with Crippen LogP contribution < -0.4 is 10.1 Å². The number of ether oxygens (including phenoxy) is 3. The third-order valence-corrected chi connectivity index (χ3v) is 3.60. The summed E-state index contributed by atoms with van der Waals surface area (Å²) in [6, 6.07) is 7.51. The fourth-order valence-electron chi connectivity index (χ4n) is 2.49. The molecule has 1 fully saturated rings. The highest BCUT2D eigenvalue weighted by Crippen LogP contribution is 2.41. The first kappa shape index (κ1) is 13.8. The van der Waals surface area contributed by atoms with Gasteiger partial charge in [-0.05, 0) is 24.7 Å². The molecule has 0 aromatic heterocycles. The summed E-state index contributed by atoms with van der Waals surface area (Å²) >= 11 is 0. The van der Waals surface area contributed by atoms with Crippen molar-refractivity contribution in [3.05, 3.63) is 29.8 Å².